The van der Waals surface area contributed by atoms with Crippen LogP contribution < -0.4 is 5.32 Å². The average Bonchev–Trinajstić information content (AvgIpc) is 3.03. The second-order valence-electron chi connectivity index (χ2n) is 5.61. The maximum Gasteiger partial charge on any atom is 0.00682 e. The predicted octanol–water partition coefficient (Wildman–Crippen LogP) is 2.25. The van der Waals surface area contributed by atoms with E-state index in [0.29, 0.717) is 0 Å². The Labute approximate surface area is 94.4 Å². The largest absolute Gasteiger partial charge is 0.314 e. The van der Waals surface area contributed by atoms with E-state index in [0.717, 1.165) is 18.0 Å². The van der Waals surface area contributed by atoms with Crippen molar-refractivity contribution in [3.63, 3.8) is 0 Å². The molecule has 0 saturated heterocycles. The van der Waals surface area contributed by atoms with Crippen LogP contribution in [0.2, 0.25) is 0 Å². The molecule has 15 heavy (non-hydrogen) atoms. The quantitative estimate of drug-likeness (QED) is 0.618. The lowest BCUT2D eigenvalue weighted by Gasteiger charge is -2.26. The zero-order chi connectivity index (χ0) is 10.7. The zero-order valence-corrected chi connectivity index (χ0v) is 10.3. The van der Waals surface area contributed by atoms with Crippen LogP contribution in [0.1, 0.15) is 46.0 Å². The molecule has 0 aliphatic heterocycles. The van der Waals surface area contributed by atoms with Gasteiger partial charge in [-0.3, -0.25) is 0 Å². The topological polar surface area (TPSA) is 15.3 Å². The second kappa shape index (κ2) is 5.31. The van der Waals surface area contributed by atoms with Gasteiger partial charge in [0, 0.05) is 18.6 Å². The van der Waals surface area contributed by atoms with Gasteiger partial charge in [-0.05, 0) is 65.0 Å². The van der Waals surface area contributed by atoms with E-state index < -0.39 is 0 Å². The Morgan fingerprint density at radius 3 is 2.47 bits per heavy atom. The average molecular weight is 210 g/mol. The van der Waals surface area contributed by atoms with Crippen molar-refractivity contribution in [2.45, 2.75) is 58.0 Å². The molecule has 0 unspecified atom stereocenters. The summed E-state index contributed by atoms with van der Waals surface area (Å²) in [5, 5.41) is 3.59. The minimum atomic E-state index is 0.728. The van der Waals surface area contributed by atoms with Crippen LogP contribution in [0.5, 0.6) is 0 Å². The van der Waals surface area contributed by atoms with E-state index in [4.69, 9.17) is 0 Å². The Morgan fingerprint density at radius 2 is 1.93 bits per heavy atom. The third-order valence-corrected chi connectivity index (χ3v) is 3.55. The van der Waals surface area contributed by atoms with Crippen molar-refractivity contribution >= 4 is 0 Å². The summed E-state index contributed by atoms with van der Waals surface area (Å²) in [6, 6.07) is 1.60. The molecule has 0 atom stereocenters. The SMILES string of the molecule is CC(C)N(CCCNC1CC1)CC1CC1. The molecule has 0 amide bonds. The molecule has 0 aromatic rings. The molecule has 2 fully saturated rings. The Balaban J connectivity index is 1.54. The third-order valence-electron chi connectivity index (χ3n) is 3.55. The van der Waals surface area contributed by atoms with Gasteiger partial charge in [0.15, 0.2) is 0 Å². The van der Waals surface area contributed by atoms with E-state index >= 15 is 0 Å². The summed E-state index contributed by atoms with van der Waals surface area (Å²) < 4.78 is 0. The van der Waals surface area contributed by atoms with Crippen LogP contribution in [0.4, 0.5) is 0 Å². The lowest BCUT2D eigenvalue weighted by atomic mass is 10.2. The number of nitrogens with zero attached hydrogens (tertiary/aromatic N) is 1. The van der Waals surface area contributed by atoms with Crippen molar-refractivity contribution in [2.24, 2.45) is 5.92 Å². The van der Waals surface area contributed by atoms with E-state index in [-0.39, 0.29) is 0 Å². The number of rotatable bonds is 8. The maximum atomic E-state index is 3.59. The van der Waals surface area contributed by atoms with Crippen LogP contribution in [0.15, 0.2) is 0 Å². The Morgan fingerprint density at radius 1 is 1.20 bits per heavy atom. The highest BCUT2D eigenvalue weighted by molar-refractivity contribution is 4.81. The minimum Gasteiger partial charge on any atom is -0.314 e. The summed E-state index contributed by atoms with van der Waals surface area (Å²) in [6.45, 7) is 8.51. The molecule has 1 N–H and O–H groups in total. The van der Waals surface area contributed by atoms with E-state index in [1.807, 2.05) is 0 Å². The van der Waals surface area contributed by atoms with Crippen molar-refractivity contribution in [1.82, 2.24) is 10.2 Å². The van der Waals surface area contributed by atoms with Crippen molar-refractivity contribution in [3.05, 3.63) is 0 Å². The van der Waals surface area contributed by atoms with Gasteiger partial charge in [0.1, 0.15) is 0 Å². The monoisotopic (exact) mass is 210 g/mol. The molecule has 2 aliphatic rings. The molecular formula is C13H26N2. The molecule has 2 rings (SSSR count). The summed E-state index contributed by atoms with van der Waals surface area (Å²) in [5.41, 5.74) is 0. The van der Waals surface area contributed by atoms with Crippen LogP contribution in [-0.4, -0.2) is 36.6 Å². The van der Waals surface area contributed by atoms with E-state index in [9.17, 15) is 0 Å². The number of nitrogens with one attached hydrogen (secondary N) is 1. The fourth-order valence-corrected chi connectivity index (χ4v) is 2.07. The van der Waals surface area contributed by atoms with Crippen molar-refractivity contribution in [2.75, 3.05) is 19.6 Å². The van der Waals surface area contributed by atoms with Gasteiger partial charge in [0.05, 0.1) is 0 Å². The highest BCUT2D eigenvalue weighted by atomic mass is 15.1. The number of hydrogen-bond donors (Lipinski definition) is 1. The Kier molecular flexibility index (Phi) is 4.04. The molecule has 2 saturated carbocycles. The Hall–Kier alpha value is -0.0800. The summed E-state index contributed by atoms with van der Waals surface area (Å²) >= 11 is 0. The van der Waals surface area contributed by atoms with Gasteiger partial charge in [0.25, 0.3) is 0 Å². The van der Waals surface area contributed by atoms with Gasteiger partial charge in [-0.1, -0.05) is 0 Å². The van der Waals surface area contributed by atoms with Crippen LogP contribution >= 0.6 is 0 Å². The molecule has 2 aliphatic carbocycles. The first-order valence-electron chi connectivity index (χ1n) is 6.73. The first-order chi connectivity index (χ1) is 7.25. The lowest BCUT2D eigenvalue weighted by Crippen LogP contribution is -2.35. The summed E-state index contributed by atoms with van der Waals surface area (Å²) in [4.78, 5) is 2.66. The van der Waals surface area contributed by atoms with Crippen LogP contribution in [0, 0.1) is 5.92 Å². The maximum absolute atomic E-state index is 3.59. The molecule has 0 aromatic carbocycles. The summed E-state index contributed by atoms with van der Waals surface area (Å²) in [5.74, 6) is 1.03. The van der Waals surface area contributed by atoms with E-state index in [1.165, 1.54) is 51.7 Å². The molecule has 0 radical (unpaired) electrons. The first kappa shape index (κ1) is 11.4. The fourth-order valence-electron chi connectivity index (χ4n) is 2.07. The fraction of sp³-hybridized carbons (Fsp3) is 1.00. The molecular weight excluding hydrogens is 184 g/mol. The smallest absolute Gasteiger partial charge is 0.00682 e. The minimum absolute atomic E-state index is 0.728. The zero-order valence-electron chi connectivity index (χ0n) is 10.3. The first-order valence-corrected chi connectivity index (χ1v) is 6.73. The van der Waals surface area contributed by atoms with Crippen molar-refractivity contribution in [3.8, 4) is 0 Å². The van der Waals surface area contributed by atoms with Gasteiger partial charge in [0.2, 0.25) is 0 Å². The standard InChI is InChI=1S/C13H26N2/c1-11(2)15(10-12-4-5-12)9-3-8-14-13-6-7-13/h11-14H,3-10H2,1-2H3. The number of hydrogen-bond acceptors (Lipinski definition) is 2. The van der Waals surface area contributed by atoms with Crippen LogP contribution in [0.25, 0.3) is 0 Å². The second-order valence-corrected chi connectivity index (χ2v) is 5.61. The van der Waals surface area contributed by atoms with Crippen LogP contribution in [0.3, 0.4) is 0 Å². The third kappa shape index (κ3) is 4.52. The van der Waals surface area contributed by atoms with Gasteiger partial charge in [-0.25, -0.2) is 0 Å². The molecule has 0 heterocycles. The summed E-state index contributed by atoms with van der Waals surface area (Å²) in [6.07, 6.45) is 7.10. The molecule has 0 spiro atoms. The van der Waals surface area contributed by atoms with E-state index in [2.05, 4.69) is 24.1 Å². The normalized spacial score (nSPS) is 21.6. The molecule has 88 valence electrons. The van der Waals surface area contributed by atoms with Gasteiger partial charge in [-0.2, -0.15) is 0 Å². The lowest BCUT2D eigenvalue weighted by molar-refractivity contribution is 0.209. The van der Waals surface area contributed by atoms with Gasteiger partial charge >= 0.3 is 0 Å². The summed E-state index contributed by atoms with van der Waals surface area (Å²) in [7, 11) is 0. The van der Waals surface area contributed by atoms with E-state index in [1.54, 1.807) is 0 Å². The van der Waals surface area contributed by atoms with Crippen molar-refractivity contribution < 1.29 is 0 Å². The molecule has 0 bridgehead atoms. The highest BCUT2D eigenvalue weighted by Crippen LogP contribution is 2.30. The predicted molar refractivity (Wildman–Crippen MR) is 65.1 cm³/mol. The van der Waals surface area contributed by atoms with Gasteiger partial charge < -0.3 is 10.2 Å². The van der Waals surface area contributed by atoms with Gasteiger partial charge in [-0.15, -0.1) is 0 Å². The van der Waals surface area contributed by atoms with Crippen molar-refractivity contribution in [1.29, 1.82) is 0 Å². The Bertz CT molecular complexity index is 183. The molecule has 0 aromatic heterocycles. The highest BCUT2D eigenvalue weighted by Gasteiger charge is 2.25. The molecule has 2 nitrogen and oxygen atoms in total. The van der Waals surface area contributed by atoms with Crippen LogP contribution in [-0.2, 0) is 0 Å². The molecule has 2 heteroatoms.